The molecule has 0 unspecified atom stereocenters. The van der Waals surface area contributed by atoms with Crippen LogP contribution in [0, 0.1) is 0 Å². The van der Waals surface area contributed by atoms with E-state index in [1.54, 1.807) is 0 Å². The summed E-state index contributed by atoms with van der Waals surface area (Å²) in [5, 5.41) is 2.64. The summed E-state index contributed by atoms with van der Waals surface area (Å²) in [7, 11) is 0. The zero-order valence-electron chi connectivity index (χ0n) is 9.08. The van der Waals surface area contributed by atoms with Crippen LogP contribution in [0.1, 0.15) is 13.8 Å². The molecule has 1 heterocycles. The Morgan fingerprint density at radius 2 is 2.00 bits per heavy atom. The molecule has 0 amide bonds. The average molecular weight is 214 g/mol. The number of fused-ring (bicyclic) bond motifs is 1. The van der Waals surface area contributed by atoms with Crippen molar-refractivity contribution in [1.29, 1.82) is 0 Å². The van der Waals surface area contributed by atoms with Gasteiger partial charge in [0.15, 0.2) is 0 Å². The van der Waals surface area contributed by atoms with E-state index >= 15 is 0 Å². The van der Waals surface area contributed by atoms with Crippen LogP contribution in [0.3, 0.4) is 0 Å². The third kappa shape index (κ3) is 1.75. The summed E-state index contributed by atoms with van der Waals surface area (Å²) < 4.78 is 2.72. The number of rotatable bonds is 1. The molecule has 1 aromatic carbocycles. The van der Waals surface area contributed by atoms with Crippen LogP contribution in [-0.4, -0.2) is 0 Å². The predicted molar refractivity (Wildman–Crippen MR) is 70.5 cm³/mol. The summed E-state index contributed by atoms with van der Waals surface area (Å²) in [6.07, 6.45) is 3.96. The SMILES string of the molecule is C=C/C=c1\c(=C(C)C)sc2ccccc12. The van der Waals surface area contributed by atoms with Crippen LogP contribution in [0.4, 0.5) is 0 Å². The van der Waals surface area contributed by atoms with Gasteiger partial charge in [-0.05, 0) is 19.9 Å². The van der Waals surface area contributed by atoms with Gasteiger partial charge < -0.3 is 0 Å². The van der Waals surface area contributed by atoms with Gasteiger partial charge in [-0.3, -0.25) is 0 Å². The molecule has 1 heteroatoms. The van der Waals surface area contributed by atoms with E-state index in [0.29, 0.717) is 0 Å². The molecule has 0 fully saturated rings. The van der Waals surface area contributed by atoms with Gasteiger partial charge in [-0.1, -0.05) is 42.5 Å². The molecule has 0 nitrogen and oxygen atoms in total. The van der Waals surface area contributed by atoms with Crippen molar-refractivity contribution in [3.05, 3.63) is 46.7 Å². The van der Waals surface area contributed by atoms with E-state index in [-0.39, 0.29) is 0 Å². The van der Waals surface area contributed by atoms with Crippen molar-refractivity contribution in [3.8, 4) is 0 Å². The Bertz CT molecular complexity index is 610. The lowest BCUT2D eigenvalue weighted by atomic mass is 10.2. The zero-order chi connectivity index (χ0) is 10.8. The van der Waals surface area contributed by atoms with Gasteiger partial charge in [0.25, 0.3) is 0 Å². The van der Waals surface area contributed by atoms with Gasteiger partial charge in [-0.2, -0.15) is 0 Å². The van der Waals surface area contributed by atoms with E-state index in [1.165, 1.54) is 25.4 Å². The molecule has 1 aromatic heterocycles. The molecule has 0 aliphatic heterocycles. The molecule has 76 valence electrons. The van der Waals surface area contributed by atoms with Gasteiger partial charge in [-0.15, -0.1) is 11.3 Å². The molecule has 0 bridgehead atoms. The minimum atomic E-state index is 1.31. The molecule has 0 spiro atoms. The second kappa shape index (κ2) is 4.03. The Hall–Kier alpha value is -1.34. The van der Waals surface area contributed by atoms with Crippen molar-refractivity contribution in [2.45, 2.75) is 13.8 Å². The minimum Gasteiger partial charge on any atom is -0.135 e. The summed E-state index contributed by atoms with van der Waals surface area (Å²) in [4.78, 5) is 0. The molecule has 2 aromatic rings. The standard InChI is InChI=1S/C14H14S/c1-4-7-12-11-8-5-6-9-13(11)15-14(12)10(2)3/h4-9H,1H2,2-3H3/b12-7-. The Labute approximate surface area is 93.9 Å². The Kier molecular flexibility index (Phi) is 2.74. The molecular formula is C14H14S. The van der Waals surface area contributed by atoms with E-state index in [9.17, 15) is 0 Å². The fraction of sp³-hybridized carbons (Fsp3) is 0.143. The normalized spacial score (nSPS) is 12.0. The van der Waals surface area contributed by atoms with Gasteiger partial charge in [0.05, 0.1) is 0 Å². The molecule has 0 aliphatic rings. The highest BCUT2D eigenvalue weighted by Gasteiger charge is 1.99. The molecule has 0 saturated carbocycles. The van der Waals surface area contributed by atoms with E-state index in [4.69, 9.17) is 0 Å². The van der Waals surface area contributed by atoms with Crippen LogP contribution in [0.2, 0.25) is 0 Å². The number of allylic oxidation sites excluding steroid dienone is 1. The molecule has 0 radical (unpaired) electrons. The molecule has 0 saturated heterocycles. The smallest absolute Gasteiger partial charge is 0.0355 e. The molecule has 0 N–H and O–H groups in total. The van der Waals surface area contributed by atoms with Gasteiger partial charge in [0, 0.05) is 19.8 Å². The van der Waals surface area contributed by atoms with Crippen LogP contribution in [0.25, 0.3) is 21.7 Å². The zero-order valence-corrected chi connectivity index (χ0v) is 9.90. The molecular weight excluding hydrogens is 200 g/mol. The van der Waals surface area contributed by atoms with Crippen LogP contribution < -0.4 is 9.75 Å². The Balaban J connectivity index is 3.08. The molecule has 15 heavy (non-hydrogen) atoms. The minimum absolute atomic E-state index is 1.31. The molecule has 0 aliphatic carbocycles. The average Bonchev–Trinajstić information content (AvgIpc) is 2.58. The van der Waals surface area contributed by atoms with Gasteiger partial charge in [0.1, 0.15) is 0 Å². The Morgan fingerprint density at radius 1 is 1.27 bits per heavy atom. The monoisotopic (exact) mass is 214 g/mol. The highest BCUT2D eigenvalue weighted by atomic mass is 32.1. The highest BCUT2D eigenvalue weighted by Crippen LogP contribution is 2.12. The summed E-state index contributed by atoms with van der Waals surface area (Å²) in [6, 6.07) is 8.52. The lowest BCUT2D eigenvalue weighted by Crippen LogP contribution is -2.19. The molecule has 0 atom stereocenters. The van der Waals surface area contributed by atoms with Crippen LogP contribution >= 0.6 is 11.3 Å². The van der Waals surface area contributed by atoms with E-state index in [2.05, 4.69) is 50.8 Å². The first-order valence-corrected chi connectivity index (χ1v) is 5.83. The van der Waals surface area contributed by atoms with Crippen molar-refractivity contribution in [3.63, 3.8) is 0 Å². The number of thiophene rings is 1. The molecule has 2 rings (SSSR count). The van der Waals surface area contributed by atoms with Crippen molar-refractivity contribution < 1.29 is 0 Å². The summed E-state index contributed by atoms with van der Waals surface area (Å²) in [5.41, 5.74) is 1.37. The first kappa shape index (κ1) is 10.2. The summed E-state index contributed by atoms with van der Waals surface area (Å²) in [6.45, 7) is 8.10. The van der Waals surface area contributed by atoms with Crippen LogP contribution in [0.15, 0.2) is 36.9 Å². The third-order valence-corrected chi connectivity index (χ3v) is 3.78. The fourth-order valence-corrected chi connectivity index (χ4v) is 2.87. The van der Waals surface area contributed by atoms with Crippen molar-refractivity contribution in [2.24, 2.45) is 0 Å². The predicted octanol–water partition coefficient (Wildman–Crippen LogP) is 3.06. The maximum atomic E-state index is 3.78. The van der Waals surface area contributed by atoms with E-state index in [0.717, 1.165) is 0 Å². The number of hydrogen-bond acceptors (Lipinski definition) is 1. The quantitative estimate of drug-likeness (QED) is 0.684. The first-order chi connectivity index (χ1) is 7.24. The largest absolute Gasteiger partial charge is 0.135 e. The number of benzene rings is 1. The maximum absolute atomic E-state index is 3.78. The van der Waals surface area contributed by atoms with Gasteiger partial charge in [0.2, 0.25) is 0 Å². The van der Waals surface area contributed by atoms with E-state index < -0.39 is 0 Å². The summed E-state index contributed by atoms with van der Waals surface area (Å²) in [5.74, 6) is 0. The van der Waals surface area contributed by atoms with E-state index in [1.807, 2.05) is 17.4 Å². The van der Waals surface area contributed by atoms with Crippen molar-refractivity contribution in [1.82, 2.24) is 0 Å². The van der Waals surface area contributed by atoms with Crippen molar-refractivity contribution >= 4 is 33.1 Å². The van der Waals surface area contributed by atoms with Crippen LogP contribution in [-0.2, 0) is 0 Å². The second-order valence-corrected chi connectivity index (χ2v) is 4.80. The lowest BCUT2D eigenvalue weighted by Gasteiger charge is -1.86. The maximum Gasteiger partial charge on any atom is 0.0355 e. The first-order valence-electron chi connectivity index (χ1n) is 5.02. The number of hydrogen-bond donors (Lipinski definition) is 0. The van der Waals surface area contributed by atoms with Gasteiger partial charge >= 0.3 is 0 Å². The van der Waals surface area contributed by atoms with Gasteiger partial charge in [-0.25, -0.2) is 0 Å². The Morgan fingerprint density at radius 3 is 2.67 bits per heavy atom. The summed E-state index contributed by atoms with van der Waals surface area (Å²) >= 11 is 1.86. The second-order valence-electron chi connectivity index (χ2n) is 3.74. The topological polar surface area (TPSA) is 0 Å². The van der Waals surface area contributed by atoms with Crippen LogP contribution in [0.5, 0.6) is 0 Å². The lowest BCUT2D eigenvalue weighted by molar-refractivity contribution is 1.56. The highest BCUT2D eigenvalue weighted by molar-refractivity contribution is 7.17. The fourth-order valence-electron chi connectivity index (χ4n) is 1.72. The third-order valence-electron chi connectivity index (χ3n) is 2.37. The van der Waals surface area contributed by atoms with Crippen molar-refractivity contribution in [2.75, 3.05) is 0 Å².